The molecule has 2 N–H and O–H groups in total. The molecule has 0 atom stereocenters. The Labute approximate surface area is 153 Å². The van der Waals surface area contributed by atoms with E-state index in [1.54, 1.807) is 6.07 Å². The van der Waals surface area contributed by atoms with Gasteiger partial charge in [0, 0.05) is 0 Å². The van der Waals surface area contributed by atoms with Crippen molar-refractivity contribution in [2.24, 2.45) is 0 Å². The highest BCUT2D eigenvalue weighted by atomic mass is 16.5. The molecule has 0 saturated heterocycles. The molecule has 0 unspecified atom stereocenters. The molecule has 0 saturated carbocycles. The molecule has 0 aromatic heterocycles. The van der Waals surface area contributed by atoms with E-state index >= 15 is 0 Å². The molecule has 2 amide bonds. The van der Waals surface area contributed by atoms with Crippen molar-refractivity contribution in [1.29, 1.82) is 0 Å². The number of nitrogens with one attached hydrogen (secondary N) is 2. The quantitative estimate of drug-likeness (QED) is 0.748. The van der Waals surface area contributed by atoms with Gasteiger partial charge < -0.3 is 9.47 Å². The molecule has 26 heavy (non-hydrogen) atoms. The van der Waals surface area contributed by atoms with E-state index in [2.05, 4.69) is 24.7 Å². The lowest BCUT2D eigenvalue weighted by atomic mass is 10.0. The van der Waals surface area contributed by atoms with Crippen LogP contribution in [0.15, 0.2) is 48.5 Å². The van der Waals surface area contributed by atoms with E-state index in [0.717, 1.165) is 11.1 Å². The van der Waals surface area contributed by atoms with Crippen molar-refractivity contribution in [3.8, 4) is 11.5 Å². The molecule has 0 spiro atoms. The molecule has 0 aliphatic heterocycles. The van der Waals surface area contributed by atoms with E-state index in [9.17, 15) is 9.59 Å². The van der Waals surface area contributed by atoms with Crippen LogP contribution in [0, 0.1) is 6.92 Å². The van der Waals surface area contributed by atoms with E-state index in [1.165, 1.54) is 0 Å². The lowest BCUT2D eigenvalue weighted by Gasteiger charge is -2.14. The number of para-hydroxylation sites is 2. The van der Waals surface area contributed by atoms with Gasteiger partial charge >= 0.3 is 0 Å². The molecule has 2 rings (SSSR count). The normalized spacial score (nSPS) is 10.3. The van der Waals surface area contributed by atoms with Crippen molar-refractivity contribution in [2.75, 3.05) is 13.2 Å². The van der Waals surface area contributed by atoms with Crippen LogP contribution in [0.1, 0.15) is 30.9 Å². The molecule has 2 aromatic carbocycles. The average molecular weight is 356 g/mol. The Morgan fingerprint density at radius 2 is 1.35 bits per heavy atom. The van der Waals surface area contributed by atoms with Gasteiger partial charge in [-0.25, -0.2) is 0 Å². The van der Waals surface area contributed by atoms with Crippen LogP contribution in [0.3, 0.4) is 0 Å². The fourth-order valence-corrected chi connectivity index (χ4v) is 2.31. The monoisotopic (exact) mass is 356 g/mol. The van der Waals surface area contributed by atoms with Crippen molar-refractivity contribution in [3.05, 3.63) is 59.7 Å². The Morgan fingerprint density at radius 1 is 0.846 bits per heavy atom. The summed E-state index contributed by atoms with van der Waals surface area (Å²) in [6.07, 6.45) is 0. The first-order valence-electron chi connectivity index (χ1n) is 8.45. The maximum Gasteiger partial charge on any atom is 0.276 e. The molecular formula is C20H24N2O4. The standard InChI is InChI=1S/C20H24N2O4/c1-14(2)16-9-5-7-11-18(16)26-13-20(24)22-21-19(23)12-25-17-10-6-4-8-15(17)3/h4-11,14H,12-13H2,1-3H3,(H,21,23)(H,22,24). The summed E-state index contributed by atoms with van der Waals surface area (Å²) >= 11 is 0. The van der Waals surface area contributed by atoms with Gasteiger partial charge in [-0.1, -0.05) is 50.2 Å². The number of hydrazine groups is 1. The van der Waals surface area contributed by atoms with Gasteiger partial charge in [0.1, 0.15) is 11.5 Å². The number of aryl methyl sites for hydroxylation is 1. The van der Waals surface area contributed by atoms with Gasteiger partial charge in [0.2, 0.25) is 0 Å². The molecule has 2 aromatic rings. The molecule has 138 valence electrons. The van der Waals surface area contributed by atoms with Gasteiger partial charge in [0.15, 0.2) is 13.2 Å². The number of ether oxygens (including phenoxy) is 2. The predicted octanol–water partition coefficient (Wildman–Crippen LogP) is 2.72. The molecule has 0 aliphatic carbocycles. The summed E-state index contributed by atoms with van der Waals surface area (Å²) in [5.41, 5.74) is 6.57. The fourth-order valence-electron chi connectivity index (χ4n) is 2.31. The zero-order valence-corrected chi connectivity index (χ0v) is 15.2. The molecule has 6 heteroatoms. The zero-order chi connectivity index (χ0) is 18.9. The molecule has 0 fully saturated rings. The molecule has 0 bridgehead atoms. The first kappa shape index (κ1) is 19.3. The van der Waals surface area contributed by atoms with Gasteiger partial charge in [0.25, 0.3) is 11.8 Å². The first-order valence-corrected chi connectivity index (χ1v) is 8.45. The Balaban J connectivity index is 1.73. The van der Waals surface area contributed by atoms with E-state index in [1.807, 2.05) is 49.4 Å². The number of amides is 2. The maximum atomic E-state index is 11.8. The van der Waals surface area contributed by atoms with Crippen LogP contribution in [-0.2, 0) is 9.59 Å². The van der Waals surface area contributed by atoms with Gasteiger partial charge in [-0.2, -0.15) is 0 Å². The van der Waals surface area contributed by atoms with Crippen molar-refractivity contribution in [3.63, 3.8) is 0 Å². The Kier molecular flexibility index (Phi) is 7.02. The number of carbonyl (C=O) groups excluding carboxylic acids is 2. The topological polar surface area (TPSA) is 76.7 Å². The molecule has 0 radical (unpaired) electrons. The summed E-state index contributed by atoms with van der Waals surface area (Å²) in [6, 6.07) is 14.9. The third-order valence-corrected chi connectivity index (χ3v) is 3.69. The van der Waals surface area contributed by atoms with E-state index in [0.29, 0.717) is 11.5 Å². The largest absolute Gasteiger partial charge is 0.483 e. The van der Waals surface area contributed by atoms with Gasteiger partial charge in [0.05, 0.1) is 0 Å². The van der Waals surface area contributed by atoms with Gasteiger partial charge in [-0.15, -0.1) is 0 Å². The van der Waals surface area contributed by atoms with Crippen LogP contribution in [0.2, 0.25) is 0 Å². The predicted molar refractivity (Wildman–Crippen MR) is 99.0 cm³/mol. The fraction of sp³-hybridized carbons (Fsp3) is 0.300. The Morgan fingerprint density at radius 3 is 1.92 bits per heavy atom. The summed E-state index contributed by atoms with van der Waals surface area (Å²) in [4.78, 5) is 23.6. The third kappa shape index (κ3) is 5.81. The molecule has 0 heterocycles. The minimum atomic E-state index is -0.454. The molecule has 6 nitrogen and oxygen atoms in total. The number of hydrogen-bond acceptors (Lipinski definition) is 4. The van der Waals surface area contributed by atoms with E-state index in [4.69, 9.17) is 9.47 Å². The van der Waals surface area contributed by atoms with Crippen LogP contribution < -0.4 is 20.3 Å². The van der Waals surface area contributed by atoms with Crippen molar-refractivity contribution < 1.29 is 19.1 Å². The second-order valence-electron chi connectivity index (χ2n) is 6.13. The van der Waals surface area contributed by atoms with Crippen LogP contribution in [0.5, 0.6) is 11.5 Å². The summed E-state index contributed by atoms with van der Waals surface area (Å²) < 4.78 is 11.0. The van der Waals surface area contributed by atoms with Gasteiger partial charge in [-0.3, -0.25) is 20.4 Å². The molecule has 0 aliphatic rings. The van der Waals surface area contributed by atoms with Crippen molar-refractivity contribution in [2.45, 2.75) is 26.7 Å². The number of rotatable bonds is 7. The van der Waals surface area contributed by atoms with E-state index < -0.39 is 11.8 Å². The second-order valence-corrected chi connectivity index (χ2v) is 6.13. The highest BCUT2D eigenvalue weighted by Gasteiger charge is 2.10. The highest BCUT2D eigenvalue weighted by molar-refractivity contribution is 5.83. The minimum absolute atomic E-state index is 0.192. The SMILES string of the molecule is Cc1ccccc1OCC(=O)NNC(=O)COc1ccccc1C(C)C. The Bertz CT molecular complexity index is 759. The summed E-state index contributed by atoms with van der Waals surface area (Å²) in [6.45, 7) is 5.61. The average Bonchev–Trinajstić information content (AvgIpc) is 2.64. The summed E-state index contributed by atoms with van der Waals surface area (Å²) in [5, 5.41) is 0. The second kappa shape index (κ2) is 9.46. The third-order valence-electron chi connectivity index (χ3n) is 3.69. The summed E-state index contributed by atoms with van der Waals surface area (Å²) in [7, 11) is 0. The maximum absolute atomic E-state index is 11.8. The lowest BCUT2D eigenvalue weighted by Crippen LogP contribution is -2.45. The molecular weight excluding hydrogens is 332 g/mol. The summed E-state index contributed by atoms with van der Waals surface area (Å²) in [5.74, 6) is 0.666. The Hall–Kier alpha value is -3.02. The number of carbonyl (C=O) groups is 2. The van der Waals surface area contributed by atoms with Crippen LogP contribution in [-0.4, -0.2) is 25.0 Å². The number of hydrogen-bond donors (Lipinski definition) is 2. The van der Waals surface area contributed by atoms with Crippen molar-refractivity contribution >= 4 is 11.8 Å². The zero-order valence-electron chi connectivity index (χ0n) is 15.2. The van der Waals surface area contributed by atoms with Crippen LogP contribution in [0.25, 0.3) is 0 Å². The number of benzene rings is 2. The lowest BCUT2D eigenvalue weighted by molar-refractivity contribution is -0.131. The first-order chi connectivity index (χ1) is 12.5. The van der Waals surface area contributed by atoms with Crippen LogP contribution in [0.4, 0.5) is 0 Å². The highest BCUT2D eigenvalue weighted by Crippen LogP contribution is 2.25. The van der Waals surface area contributed by atoms with Crippen molar-refractivity contribution in [1.82, 2.24) is 10.9 Å². The van der Waals surface area contributed by atoms with Crippen LogP contribution >= 0.6 is 0 Å². The van der Waals surface area contributed by atoms with Gasteiger partial charge in [-0.05, 0) is 36.1 Å². The smallest absolute Gasteiger partial charge is 0.276 e. The van der Waals surface area contributed by atoms with E-state index in [-0.39, 0.29) is 19.1 Å². The minimum Gasteiger partial charge on any atom is -0.483 e.